The number of rotatable bonds is 3. The van der Waals surface area contributed by atoms with Gasteiger partial charge in [0.1, 0.15) is 6.10 Å². The van der Waals surface area contributed by atoms with Crippen molar-refractivity contribution < 1.29 is 19.1 Å². The van der Waals surface area contributed by atoms with E-state index in [9.17, 15) is 9.59 Å². The van der Waals surface area contributed by atoms with E-state index in [0.29, 0.717) is 0 Å². The monoisotopic (exact) mass is 240 g/mol. The summed E-state index contributed by atoms with van der Waals surface area (Å²) in [5.41, 5.74) is 0. The quantitative estimate of drug-likeness (QED) is 0.561. The second-order valence-corrected chi connectivity index (χ2v) is 3.63. The highest BCUT2D eigenvalue weighted by Gasteiger charge is 2.15. The fourth-order valence-corrected chi connectivity index (χ4v) is 1.48. The molecule has 1 rings (SSSR count). The van der Waals surface area contributed by atoms with Crippen molar-refractivity contribution in [2.75, 3.05) is 7.11 Å². The fraction of sp³-hybridized carbons (Fsp3) is 0.538. The fourth-order valence-electron chi connectivity index (χ4n) is 1.48. The van der Waals surface area contributed by atoms with Crippen LogP contribution in [0.5, 0.6) is 0 Å². The van der Waals surface area contributed by atoms with Gasteiger partial charge in [-0.25, -0.2) is 9.59 Å². The summed E-state index contributed by atoms with van der Waals surface area (Å²) in [6.45, 7) is 6.51. The molecule has 96 valence electrons. The second kappa shape index (κ2) is 9.63. The lowest BCUT2D eigenvalue weighted by Gasteiger charge is -2.20. The van der Waals surface area contributed by atoms with Gasteiger partial charge in [0, 0.05) is 12.2 Å². The van der Waals surface area contributed by atoms with Gasteiger partial charge in [-0.1, -0.05) is 19.6 Å². The lowest BCUT2D eigenvalue weighted by atomic mass is 9.98. The highest BCUT2D eigenvalue weighted by Crippen LogP contribution is 2.20. The molecule has 0 amide bonds. The van der Waals surface area contributed by atoms with Crippen LogP contribution < -0.4 is 0 Å². The molecular weight excluding hydrogens is 220 g/mol. The third kappa shape index (κ3) is 8.25. The molecule has 0 aliphatic heterocycles. The number of ether oxygens (including phenoxy) is 2. The molecule has 0 aromatic heterocycles. The summed E-state index contributed by atoms with van der Waals surface area (Å²) in [4.78, 5) is 20.6. The predicted octanol–water partition coefficient (Wildman–Crippen LogP) is 2.39. The third-order valence-electron chi connectivity index (χ3n) is 2.37. The number of methoxy groups -OCH3 is 1. The lowest BCUT2D eigenvalue weighted by molar-refractivity contribution is -0.144. The SMILES string of the molecule is C=CC(=O)OC.C=CC(=O)OC1CCCCC1. The Morgan fingerprint density at radius 2 is 1.59 bits per heavy atom. The van der Waals surface area contributed by atoms with Gasteiger partial charge in [-0.2, -0.15) is 0 Å². The van der Waals surface area contributed by atoms with E-state index in [2.05, 4.69) is 17.9 Å². The molecule has 0 N–H and O–H groups in total. The van der Waals surface area contributed by atoms with Crippen LogP contribution in [0.3, 0.4) is 0 Å². The molecule has 1 saturated carbocycles. The van der Waals surface area contributed by atoms with Gasteiger partial charge >= 0.3 is 11.9 Å². The van der Waals surface area contributed by atoms with Gasteiger partial charge in [0.05, 0.1) is 7.11 Å². The Balaban J connectivity index is 0.000000366. The standard InChI is InChI=1S/C9H14O2.C4H6O2/c1-2-9(10)11-8-6-4-3-5-7-8;1-3-4(5)6-2/h2,8H,1,3-7H2;3H,1H2,2H3. The summed E-state index contributed by atoms with van der Waals surface area (Å²) in [5, 5.41) is 0. The average Bonchev–Trinajstić information content (AvgIpc) is 2.39. The van der Waals surface area contributed by atoms with Crippen LogP contribution in [-0.4, -0.2) is 25.2 Å². The zero-order chi connectivity index (χ0) is 13.1. The molecule has 4 nitrogen and oxygen atoms in total. The molecule has 4 heteroatoms. The van der Waals surface area contributed by atoms with Gasteiger partial charge in [-0.05, 0) is 25.7 Å². The van der Waals surface area contributed by atoms with Crippen LogP contribution in [0, 0.1) is 0 Å². The van der Waals surface area contributed by atoms with Gasteiger partial charge in [0.25, 0.3) is 0 Å². The van der Waals surface area contributed by atoms with E-state index in [-0.39, 0.29) is 12.1 Å². The summed E-state index contributed by atoms with van der Waals surface area (Å²) < 4.78 is 9.23. The number of hydrogen-bond donors (Lipinski definition) is 0. The summed E-state index contributed by atoms with van der Waals surface area (Å²) in [6, 6.07) is 0. The van der Waals surface area contributed by atoms with E-state index in [1.165, 1.54) is 32.4 Å². The number of carbonyl (C=O) groups excluding carboxylic acids is 2. The smallest absolute Gasteiger partial charge is 0.330 e. The maximum atomic E-state index is 10.7. The van der Waals surface area contributed by atoms with Crippen molar-refractivity contribution in [1.82, 2.24) is 0 Å². The first-order valence-corrected chi connectivity index (χ1v) is 5.67. The third-order valence-corrected chi connectivity index (χ3v) is 2.37. The molecule has 17 heavy (non-hydrogen) atoms. The first kappa shape index (κ1) is 15.4. The minimum absolute atomic E-state index is 0.161. The molecular formula is C13H20O4. The molecule has 1 fully saturated rings. The molecule has 1 aliphatic carbocycles. The van der Waals surface area contributed by atoms with Crippen LogP contribution in [0.15, 0.2) is 25.3 Å². The van der Waals surface area contributed by atoms with Crippen molar-refractivity contribution in [3.63, 3.8) is 0 Å². The van der Waals surface area contributed by atoms with Crippen LogP contribution in [0.25, 0.3) is 0 Å². The minimum atomic E-state index is -0.394. The zero-order valence-corrected chi connectivity index (χ0v) is 10.3. The molecule has 0 radical (unpaired) electrons. The Labute approximate surface area is 102 Å². The molecule has 0 spiro atoms. The molecule has 1 aliphatic rings. The van der Waals surface area contributed by atoms with Crippen molar-refractivity contribution >= 4 is 11.9 Å². The van der Waals surface area contributed by atoms with Crippen molar-refractivity contribution in [1.29, 1.82) is 0 Å². The van der Waals surface area contributed by atoms with E-state index in [1.54, 1.807) is 0 Å². The Kier molecular flexibility index (Phi) is 8.74. The van der Waals surface area contributed by atoms with Crippen LogP contribution in [0.2, 0.25) is 0 Å². The normalized spacial score (nSPS) is 14.9. The first-order valence-electron chi connectivity index (χ1n) is 5.67. The van der Waals surface area contributed by atoms with Crippen LogP contribution in [0.4, 0.5) is 0 Å². The first-order chi connectivity index (χ1) is 8.13. The molecule has 0 unspecified atom stereocenters. The molecule has 0 heterocycles. The van der Waals surface area contributed by atoms with E-state index in [0.717, 1.165) is 18.9 Å². The van der Waals surface area contributed by atoms with Gasteiger partial charge in [0.15, 0.2) is 0 Å². The van der Waals surface area contributed by atoms with Gasteiger partial charge in [-0.15, -0.1) is 0 Å². The minimum Gasteiger partial charge on any atom is -0.466 e. The number of esters is 2. The number of hydrogen-bond acceptors (Lipinski definition) is 4. The maximum absolute atomic E-state index is 10.7. The van der Waals surface area contributed by atoms with Crippen molar-refractivity contribution in [3.05, 3.63) is 25.3 Å². The number of carbonyl (C=O) groups is 2. The second-order valence-electron chi connectivity index (χ2n) is 3.63. The Bertz CT molecular complexity index is 265. The van der Waals surface area contributed by atoms with Crippen molar-refractivity contribution in [2.45, 2.75) is 38.2 Å². The molecule has 0 aromatic carbocycles. The highest BCUT2D eigenvalue weighted by molar-refractivity contribution is 5.81. The lowest BCUT2D eigenvalue weighted by Crippen LogP contribution is -2.19. The Morgan fingerprint density at radius 1 is 1.06 bits per heavy atom. The average molecular weight is 240 g/mol. The van der Waals surface area contributed by atoms with Crippen molar-refractivity contribution in [2.24, 2.45) is 0 Å². The Hall–Kier alpha value is -1.58. The predicted molar refractivity (Wildman–Crippen MR) is 65.4 cm³/mol. The molecule has 0 aromatic rings. The van der Waals surface area contributed by atoms with Gasteiger partial charge < -0.3 is 9.47 Å². The van der Waals surface area contributed by atoms with Gasteiger partial charge in [0.2, 0.25) is 0 Å². The van der Waals surface area contributed by atoms with Crippen LogP contribution in [-0.2, 0) is 19.1 Å². The summed E-state index contributed by atoms with van der Waals surface area (Å²) in [5.74, 6) is -0.674. The molecule has 0 bridgehead atoms. The maximum Gasteiger partial charge on any atom is 0.330 e. The Morgan fingerprint density at radius 3 is 1.94 bits per heavy atom. The topological polar surface area (TPSA) is 52.6 Å². The largest absolute Gasteiger partial charge is 0.466 e. The van der Waals surface area contributed by atoms with E-state index < -0.39 is 5.97 Å². The van der Waals surface area contributed by atoms with Crippen molar-refractivity contribution in [3.8, 4) is 0 Å². The summed E-state index contributed by atoms with van der Waals surface area (Å²) in [7, 11) is 1.31. The molecule has 0 atom stereocenters. The zero-order valence-electron chi connectivity index (χ0n) is 10.3. The molecule has 0 saturated heterocycles. The summed E-state index contributed by atoms with van der Waals surface area (Å²) in [6.07, 6.45) is 8.22. The van der Waals surface area contributed by atoms with Crippen LogP contribution >= 0.6 is 0 Å². The van der Waals surface area contributed by atoms with Gasteiger partial charge in [-0.3, -0.25) is 0 Å². The van der Waals surface area contributed by atoms with Crippen LogP contribution in [0.1, 0.15) is 32.1 Å². The highest BCUT2D eigenvalue weighted by atomic mass is 16.5. The van der Waals surface area contributed by atoms with E-state index in [1.807, 2.05) is 0 Å². The van der Waals surface area contributed by atoms with E-state index in [4.69, 9.17) is 4.74 Å². The van der Waals surface area contributed by atoms with E-state index >= 15 is 0 Å². The summed E-state index contributed by atoms with van der Waals surface area (Å²) >= 11 is 0.